The van der Waals surface area contributed by atoms with Crippen molar-refractivity contribution in [3.63, 3.8) is 0 Å². The van der Waals surface area contributed by atoms with Gasteiger partial charge in [0.15, 0.2) is 0 Å². The topological polar surface area (TPSA) is 72.7 Å². The maximum atomic E-state index is 13.3. The quantitative estimate of drug-likeness (QED) is 0.642. The van der Waals surface area contributed by atoms with E-state index < -0.39 is 5.82 Å². The summed E-state index contributed by atoms with van der Waals surface area (Å²) in [6.45, 7) is 0.444. The van der Waals surface area contributed by atoms with Gasteiger partial charge in [-0.25, -0.2) is 8.78 Å². The maximum Gasteiger partial charge on any atom is 0.230 e. The molecule has 0 bridgehead atoms. The summed E-state index contributed by atoms with van der Waals surface area (Å²) in [6, 6.07) is 12.0. The Balaban J connectivity index is 1.49. The smallest absolute Gasteiger partial charge is 0.230 e. The van der Waals surface area contributed by atoms with E-state index in [1.165, 1.54) is 28.9 Å². The van der Waals surface area contributed by atoms with Gasteiger partial charge in [-0.2, -0.15) is 4.68 Å². The summed E-state index contributed by atoms with van der Waals surface area (Å²) >= 11 is 1.15. The molecule has 134 valence electrons. The molecule has 26 heavy (non-hydrogen) atoms. The third-order valence-corrected chi connectivity index (χ3v) is 4.39. The number of amides is 1. The number of nitrogens with zero attached hydrogens (tertiary/aromatic N) is 4. The monoisotopic (exact) mass is 375 g/mol. The second kappa shape index (κ2) is 8.52. The molecule has 1 N–H and O–H groups in total. The van der Waals surface area contributed by atoms with Crippen LogP contribution < -0.4 is 5.32 Å². The lowest BCUT2D eigenvalue weighted by atomic mass is 10.1. The lowest BCUT2D eigenvalue weighted by molar-refractivity contribution is -0.118. The van der Waals surface area contributed by atoms with E-state index in [4.69, 9.17) is 0 Å². The molecule has 0 spiro atoms. The highest BCUT2D eigenvalue weighted by Gasteiger charge is 2.12. The molecule has 0 unspecified atom stereocenters. The molecule has 9 heteroatoms. The fourth-order valence-electron chi connectivity index (χ4n) is 2.22. The average Bonchev–Trinajstić information content (AvgIpc) is 3.10. The number of rotatable bonds is 7. The second-order valence-electron chi connectivity index (χ2n) is 5.37. The van der Waals surface area contributed by atoms with Crippen molar-refractivity contribution in [3.05, 3.63) is 65.7 Å². The van der Waals surface area contributed by atoms with Crippen LogP contribution in [0.4, 0.5) is 8.78 Å². The van der Waals surface area contributed by atoms with Gasteiger partial charge in [0.05, 0.1) is 11.4 Å². The highest BCUT2D eigenvalue weighted by atomic mass is 32.2. The molecule has 0 aliphatic rings. The third kappa shape index (κ3) is 4.85. The number of tetrazole rings is 1. The third-order valence-electron chi connectivity index (χ3n) is 3.48. The Bertz CT molecular complexity index is 885. The Hall–Kier alpha value is -2.81. The molecule has 6 nitrogen and oxygen atoms in total. The van der Waals surface area contributed by atoms with Crippen molar-refractivity contribution < 1.29 is 13.6 Å². The van der Waals surface area contributed by atoms with Gasteiger partial charge in [0, 0.05) is 6.54 Å². The van der Waals surface area contributed by atoms with Gasteiger partial charge in [-0.1, -0.05) is 30.0 Å². The van der Waals surface area contributed by atoms with Crippen LogP contribution >= 0.6 is 11.8 Å². The van der Waals surface area contributed by atoms with Gasteiger partial charge >= 0.3 is 0 Å². The van der Waals surface area contributed by atoms with Crippen molar-refractivity contribution in [2.45, 2.75) is 11.6 Å². The van der Waals surface area contributed by atoms with Crippen molar-refractivity contribution >= 4 is 17.7 Å². The average molecular weight is 375 g/mol. The predicted octanol–water partition coefficient (Wildman–Crippen LogP) is 2.39. The van der Waals surface area contributed by atoms with Crippen molar-refractivity contribution in [2.75, 3.05) is 12.3 Å². The van der Waals surface area contributed by atoms with Crippen LogP contribution in [0.15, 0.2) is 53.7 Å². The molecule has 0 aliphatic heterocycles. The van der Waals surface area contributed by atoms with Crippen molar-refractivity contribution in [1.29, 1.82) is 0 Å². The van der Waals surface area contributed by atoms with Gasteiger partial charge in [-0.05, 0) is 52.7 Å². The summed E-state index contributed by atoms with van der Waals surface area (Å²) < 4.78 is 27.5. The van der Waals surface area contributed by atoms with Gasteiger partial charge in [-0.3, -0.25) is 4.79 Å². The Kier molecular flexibility index (Phi) is 5.90. The van der Waals surface area contributed by atoms with Gasteiger partial charge in [0.2, 0.25) is 11.1 Å². The van der Waals surface area contributed by atoms with E-state index in [2.05, 4.69) is 20.8 Å². The number of nitrogens with one attached hydrogen (secondary N) is 1. The fourth-order valence-corrected chi connectivity index (χ4v) is 2.94. The number of hydrogen-bond acceptors (Lipinski definition) is 5. The highest BCUT2D eigenvalue weighted by molar-refractivity contribution is 7.99. The van der Waals surface area contributed by atoms with Crippen LogP contribution in [0.3, 0.4) is 0 Å². The SMILES string of the molecule is O=C(CSc1nnnn1-c1cccc(F)c1)NCCc1ccc(F)cc1. The summed E-state index contributed by atoms with van der Waals surface area (Å²) in [7, 11) is 0. The lowest BCUT2D eigenvalue weighted by Gasteiger charge is -2.06. The summed E-state index contributed by atoms with van der Waals surface area (Å²) in [5.74, 6) is -0.734. The van der Waals surface area contributed by atoms with Crippen molar-refractivity contribution in [2.24, 2.45) is 0 Å². The number of carbonyl (C=O) groups excluding carboxylic acids is 1. The molecule has 3 rings (SSSR count). The summed E-state index contributed by atoms with van der Waals surface area (Å²) in [5, 5.41) is 14.4. The fraction of sp³-hybridized carbons (Fsp3) is 0.176. The molecule has 0 saturated heterocycles. The minimum Gasteiger partial charge on any atom is -0.355 e. The van der Waals surface area contributed by atoms with Gasteiger partial charge in [0.25, 0.3) is 0 Å². The van der Waals surface area contributed by atoms with E-state index in [1.54, 1.807) is 24.3 Å². The first kappa shape index (κ1) is 18.0. The number of carbonyl (C=O) groups is 1. The largest absolute Gasteiger partial charge is 0.355 e. The Labute approximate surface area is 152 Å². The molecular formula is C17H15F2N5OS. The number of aromatic nitrogens is 4. The molecule has 1 heterocycles. The zero-order valence-corrected chi connectivity index (χ0v) is 14.4. The summed E-state index contributed by atoms with van der Waals surface area (Å²) in [4.78, 5) is 12.0. The minimum absolute atomic E-state index is 0.124. The highest BCUT2D eigenvalue weighted by Crippen LogP contribution is 2.18. The molecule has 1 amide bonds. The number of thioether (sulfide) groups is 1. The van der Waals surface area contributed by atoms with Crippen LogP contribution in [0.25, 0.3) is 5.69 Å². The summed E-state index contributed by atoms with van der Waals surface area (Å²) in [5.41, 5.74) is 1.42. The van der Waals surface area contributed by atoms with Crippen LogP contribution in [-0.4, -0.2) is 38.4 Å². The molecule has 0 aliphatic carbocycles. The van der Waals surface area contributed by atoms with E-state index in [-0.39, 0.29) is 17.5 Å². The van der Waals surface area contributed by atoms with Crippen LogP contribution in [0, 0.1) is 11.6 Å². The molecule has 0 saturated carbocycles. The van der Waals surface area contributed by atoms with Crippen LogP contribution in [-0.2, 0) is 11.2 Å². The lowest BCUT2D eigenvalue weighted by Crippen LogP contribution is -2.27. The molecule has 0 atom stereocenters. The first-order valence-electron chi connectivity index (χ1n) is 7.80. The van der Waals surface area contributed by atoms with Crippen molar-refractivity contribution in [1.82, 2.24) is 25.5 Å². The summed E-state index contributed by atoms with van der Waals surface area (Å²) in [6.07, 6.45) is 0.609. The zero-order valence-electron chi connectivity index (χ0n) is 13.6. The Morgan fingerprint density at radius 1 is 1.12 bits per heavy atom. The van der Waals surface area contributed by atoms with Crippen molar-refractivity contribution in [3.8, 4) is 5.69 Å². The normalized spacial score (nSPS) is 10.7. The molecule has 1 aromatic heterocycles. The second-order valence-corrected chi connectivity index (χ2v) is 6.31. The van der Waals surface area contributed by atoms with Gasteiger partial charge < -0.3 is 5.32 Å². The molecule has 2 aromatic carbocycles. The zero-order chi connectivity index (χ0) is 18.4. The molecular weight excluding hydrogens is 360 g/mol. The van der Waals surface area contributed by atoms with Gasteiger partial charge in [-0.15, -0.1) is 5.10 Å². The molecule has 3 aromatic rings. The van der Waals surface area contributed by atoms with E-state index in [0.29, 0.717) is 23.8 Å². The van der Waals surface area contributed by atoms with E-state index in [1.807, 2.05) is 0 Å². The minimum atomic E-state index is -0.396. The molecule has 0 fully saturated rings. The van der Waals surface area contributed by atoms with Crippen LogP contribution in [0.2, 0.25) is 0 Å². The Morgan fingerprint density at radius 2 is 1.92 bits per heavy atom. The first-order valence-corrected chi connectivity index (χ1v) is 8.78. The number of hydrogen-bond donors (Lipinski definition) is 1. The maximum absolute atomic E-state index is 13.3. The van der Waals surface area contributed by atoms with Crippen LogP contribution in [0.5, 0.6) is 0 Å². The van der Waals surface area contributed by atoms with Gasteiger partial charge in [0.1, 0.15) is 11.6 Å². The van der Waals surface area contributed by atoms with E-state index >= 15 is 0 Å². The predicted molar refractivity (Wildman–Crippen MR) is 92.9 cm³/mol. The van der Waals surface area contributed by atoms with E-state index in [9.17, 15) is 13.6 Å². The number of halogens is 2. The number of benzene rings is 2. The molecule has 0 radical (unpaired) electrons. The first-order chi connectivity index (χ1) is 12.6. The Morgan fingerprint density at radius 3 is 2.69 bits per heavy atom. The van der Waals surface area contributed by atoms with E-state index in [0.717, 1.165) is 17.3 Å². The van der Waals surface area contributed by atoms with Crippen LogP contribution in [0.1, 0.15) is 5.56 Å². The standard InChI is InChI=1S/C17H15F2N5OS/c18-13-6-4-12(5-7-13)8-9-20-16(25)11-26-17-21-22-23-24(17)15-3-1-2-14(19)10-15/h1-7,10H,8-9,11H2,(H,20,25).